The number of hydrogen-bond donors (Lipinski definition) is 1. The van der Waals surface area contributed by atoms with Crippen molar-refractivity contribution in [2.45, 2.75) is 18.4 Å². The zero-order valence-corrected chi connectivity index (χ0v) is 24.8. The maximum Gasteiger partial charge on any atom is 0.260 e. The Morgan fingerprint density at radius 2 is 1.65 bits per heavy atom. The molecule has 12 heteroatoms. The number of nitrogens with one attached hydrogen (secondary N) is 1. The Morgan fingerprint density at radius 1 is 0.930 bits per heavy atom. The van der Waals surface area contributed by atoms with Gasteiger partial charge in [-0.15, -0.1) is 0 Å². The lowest BCUT2D eigenvalue weighted by atomic mass is 10.1. The van der Waals surface area contributed by atoms with Gasteiger partial charge in [0.15, 0.2) is 9.84 Å². The number of anilines is 3. The van der Waals surface area contributed by atoms with E-state index in [4.69, 9.17) is 4.98 Å². The van der Waals surface area contributed by atoms with Gasteiger partial charge in [0, 0.05) is 67.1 Å². The van der Waals surface area contributed by atoms with Crippen molar-refractivity contribution in [3.8, 4) is 11.1 Å². The fourth-order valence-corrected chi connectivity index (χ4v) is 6.35. The van der Waals surface area contributed by atoms with Gasteiger partial charge in [0.1, 0.15) is 12.0 Å². The first-order valence-corrected chi connectivity index (χ1v) is 15.7. The molecule has 0 aliphatic carbocycles. The second kappa shape index (κ2) is 11.9. The second-order valence-corrected chi connectivity index (χ2v) is 12.8. The van der Waals surface area contributed by atoms with Gasteiger partial charge >= 0.3 is 0 Å². The number of pyridine rings is 1. The Bertz CT molecular complexity index is 1920. The summed E-state index contributed by atoms with van der Waals surface area (Å²) in [6, 6.07) is 16.6. The van der Waals surface area contributed by atoms with E-state index in [1.165, 1.54) is 10.9 Å². The fraction of sp³-hybridized carbons (Fsp3) is 0.258. The standard InChI is InChI=1S/C31H32N8O3S/c1-3-43(41,42)28-7-5-4-6-22(28)20-39-29-23(16-27(30(39)40)24-17-32-21-33-18-24)19-34-31(36-29)35-25-8-10-26(11-9-25)38-14-12-37(2)13-15-38/h4-11,16-19,21H,3,12-15,20H2,1-2H3,(H,34,35,36). The van der Waals surface area contributed by atoms with E-state index in [1.54, 1.807) is 55.8 Å². The van der Waals surface area contributed by atoms with Crippen LogP contribution in [0.25, 0.3) is 22.2 Å². The van der Waals surface area contributed by atoms with Gasteiger partial charge in [0.2, 0.25) is 5.95 Å². The van der Waals surface area contributed by atoms with Crippen molar-refractivity contribution in [2.75, 3.05) is 49.2 Å². The Morgan fingerprint density at radius 3 is 2.37 bits per heavy atom. The van der Waals surface area contributed by atoms with Crippen molar-refractivity contribution < 1.29 is 8.42 Å². The first kappa shape index (κ1) is 28.4. The summed E-state index contributed by atoms with van der Waals surface area (Å²) in [5, 5.41) is 3.87. The van der Waals surface area contributed by atoms with Crippen LogP contribution < -0.4 is 15.8 Å². The van der Waals surface area contributed by atoms with Crippen LogP contribution in [-0.4, -0.2) is 76.8 Å². The highest BCUT2D eigenvalue weighted by atomic mass is 32.2. The maximum absolute atomic E-state index is 14.0. The Hall–Kier alpha value is -4.68. The number of aromatic nitrogens is 5. The SMILES string of the molecule is CCS(=O)(=O)c1ccccc1Cn1c(=O)c(-c2cncnc2)cc2cnc(Nc3ccc(N4CCN(C)CC4)cc3)nc21. The molecule has 1 saturated heterocycles. The van der Waals surface area contributed by atoms with Crippen LogP contribution in [0.3, 0.4) is 0 Å². The third-order valence-electron chi connectivity index (χ3n) is 7.71. The van der Waals surface area contributed by atoms with E-state index < -0.39 is 9.84 Å². The van der Waals surface area contributed by atoms with Gasteiger partial charge in [-0.1, -0.05) is 25.1 Å². The summed E-state index contributed by atoms with van der Waals surface area (Å²) >= 11 is 0. The lowest BCUT2D eigenvalue weighted by molar-refractivity contribution is 0.313. The minimum Gasteiger partial charge on any atom is -0.369 e. The number of nitrogens with zero attached hydrogens (tertiary/aromatic N) is 7. The fourth-order valence-electron chi connectivity index (χ4n) is 5.22. The van der Waals surface area contributed by atoms with Gasteiger partial charge in [-0.05, 0) is 49.0 Å². The average Bonchev–Trinajstić information content (AvgIpc) is 3.04. The third kappa shape index (κ3) is 5.97. The predicted octanol–water partition coefficient (Wildman–Crippen LogP) is 3.59. The van der Waals surface area contributed by atoms with Crippen LogP contribution in [0.1, 0.15) is 12.5 Å². The molecule has 0 unspecified atom stereocenters. The minimum atomic E-state index is -3.53. The van der Waals surface area contributed by atoms with Crippen molar-refractivity contribution in [3.63, 3.8) is 0 Å². The third-order valence-corrected chi connectivity index (χ3v) is 9.54. The van der Waals surface area contributed by atoms with Crippen LogP contribution >= 0.6 is 0 Å². The van der Waals surface area contributed by atoms with E-state index in [1.807, 2.05) is 12.1 Å². The highest BCUT2D eigenvalue weighted by Crippen LogP contribution is 2.25. The normalized spacial score (nSPS) is 14.2. The summed E-state index contributed by atoms with van der Waals surface area (Å²) < 4.78 is 27.3. The number of fused-ring (bicyclic) bond motifs is 1. The molecule has 1 aliphatic heterocycles. The summed E-state index contributed by atoms with van der Waals surface area (Å²) in [6.07, 6.45) is 6.19. The Labute approximate surface area is 249 Å². The predicted molar refractivity (Wildman–Crippen MR) is 168 cm³/mol. The number of likely N-dealkylation sites (N-methyl/N-ethyl adjacent to an activating group) is 1. The lowest BCUT2D eigenvalue weighted by Gasteiger charge is -2.34. The molecule has 0 bridgehead atoms. The van der Waals surface area contributed by atoms with Crippen molar-refractivity contribution >= 4 is 38.2 Å². The van der Waals surface area contributed by atoms with Crippen LogP contribution in [0.5, 0.6) is 0 Å². The molecule has 0 saturated carbocycles. The van der Waals surface area contributed by atoms with Gasteiger partial charge in [-0.3, -0.25) is 9.36 Å². The Kier molecular flexibility index (Phi) is 7.87. The maximum atomic E-state index is 14.0. The van der Waals surface area contributed by atoms with E-state index in [0.717, 1.165) is 37.6 Å². The van der Waals surface area contributed by atoms with E-state index in [-0.39, 0.29) is 22.8 Å². The molecule has 3 aromatic heterocycles. The molecule has 1 fully saturated rings. The van der Waals surface area contributed by atoms with Crippen LogP contribution in [0, 0.1) is 0 Å². The molecular formula is C31H32N8O3S. The first-order valence-electron chi connectivity index (χ1n) is 14.1. The van der Waals surface area contributed by atoms with Crippen LogP contribution in [0.4, 0.5) is 17.3 Å². The number of hydrogen-bond acceptors (Lipinski definition) is 10. The second-order valence-electron chi connectivity index (χ2n) is 10.5. The van der Waals surface area contributed by atoms with Crippen molar-refractivity contribution in [1.29, 1.82) is 0 Å². The van der Waals surface area contributed by atoms with E-state index in [0.29, 0.717) is 33.7 Å². The summed E-state index contributed by atoms with van der Waals surface area (Å²) in [6.45, 7) is 5.62. The number of rotatable bonds is 8. The molecular weight excluding hydrogens is 564 g/mol. The zero-order valence-electron chi connectivity index (χ0n) is 24.0. The average molecular weight is 597 g/mol. The van der Waals surface area contributed by atoms with Crippen molar-refractivity contribution in [3.05, 3.63) is 95.4 Å². The quantitative estimate of drug-likeness (QED) is 0.284. The van der Waals surface area contributed by atoms with Gasteiger partial charge in [-0.25, -0.2) is 23.4 Å². The largest absolute Gasteiger partial charge is 0.369 e. The minimum absolute atomic E-state index is 0.00242. The molecule has 4 heterocycles. The van der Waals surface area contributed by atoms with Crippen LogP contribution in [-0.2, 0) is 16.4 Å². The summed E-state index contributed by atoms with van der Waals surface area (Å²) in [5.74, 6) is 0.267. The smallest absolute Gasteiger partial charge is 0.260 e. The molecule has 220 valence electrons. The molecule has 11 nitrogen and oxygen atoms in total. The molecule has 2 aromatic carbocycles. The van der Waals surface area contributed by atoms with Gasteiger partial charge in [0.25, 0.3) is 5.56 Å². The first-order chi connectivity index (χ1) is 20.8. The number of benzene rings is 2. The molecule has 6 rings (SSSR count). The zero-order chi connectivity index (χ0) is 30.0. The van der Waals surface area contributed by atoms with E-state index in [9.17, 15) is 13.2 Å². The molecule has 0 amide bonds. The molecule has 1 N–H and O–H groups in total. The van der Waals surface area contributed by atoms with Crippen molar-refractivity contribution in [2.24, 2.45) is 0 Å². The summed E-state index contributed by atoms with van der Waals surface area (Å²) in [5.41, 5.74) is 3.41. The van der Waals surface area contributed by atoms with Crippen LogP contribution in [0.2, 0.25) is 0 Å². The molecule has 0 radical (unpaired) electrons. The summed E-state index contributed by atoms with van der Waals surface area (Å²) in [7, 11) is -1.39. The molecule has 0 spiro atoms. The molecule has 5 aromatic rings. The monoisotopic (exact) mass is 596 g/mol. The van der Waals surface area contributed by atoms with Gasteiger partial charge < -0.3 is 15.1 Å². The molecule has 0 atom stereocenters. The molecule has 1 aliphatic rings. The number of piperazine rings is 1. The Balaban J connectivity index is 1.39. The highest BCUT2D eigenvalue weighted by molar-refractivity contribution is 7.91. The molecule has 43 heavy (non-hydrogen) atoms. The summed E-state index contributed by atoms with van der Waals surface area (Å²) in [4.78, 5) is 36.2. The highest BCUT2D eigenvalue weighted by Gasteiger charge is 2.20. The van der Waals surface area contributed by atoms with Crippen LogP contribution in [0.15, 0.2) is 89.2 Å². The van der Waals surface area contributed by atoms with E-state index in [2.05, 4.69) is 49.2 Å². The lowest BCUT2D eigenvalue weighted by Crippen LogP contribution is -2.44. The number of sulfone groups is 1. The van der Waals surface area contributed by atoms with Gasteiger partial charge in [0.05, 0.1) is 22.8 Å². The topological polar surface area (TPSA) is 126 Å². The van der Waals surface area contributed by atoms with E-state index >= 15 is 0 Å². The van der Waals surface area contributed by atoms with Crippen molar-refractivity contribution in [1.82, 2.24) is 29.4 Å². The van der Waals surface area contributed by atoms with Gasteiger partial charge in [-0.2, -0.15) is 4.98 Å².